The predicted octanol–water partition coefficient (Wildman–Crippen LogP) is 2.67. The number of nitrogens with zero attached hydrogens (tertiary/aromatic N) is 1. The number of pyridine rings is 1. The summed E-state index contributed by atoms with van der Waals surface area (Å²) in [6, 6.07) is 2.15. The van der Waals surface area contributed by atoms with Crippen LogP contribution in [0.3, 0.4) is 0 Å². The first-order valence-corrected chi connectivity index (χ1v) is 5.46. The van der Waals surface area contributed by atoms with Crippen molar-refractivity contribution in [1.29, 1.82) is 0 Å². The molecule has 0 aliphatic rings. The number of unbranched alkanes of at least 4 members (excludes halogenated alkanes) is 1. The lowest BCUT2D eigenvalue weighted by molar-refractivity contribution is 0.817. The van der Waals surface area contributed by atoms with Crippen molar-refractivity contribution in [2.24, 2.45) is 5.73 Å². The van der Waals surface area contributed by atoms with E-state index in [1.54, 1.807) is 0 Å². The SMILES string of the molecule is C=CCCCc1cc(C)nc(C)c1CN. The fraction of sp³-hybridized carbons (Fsp3) is 0.462. The van der Waals surface area contributed by atoms with Crippen LogP contribution in [0.25, 0.3) is 0 Å². The van der Waals surface area contributed by atoms with Gasteiger partial charge in [0.05, 0.1) is 0 Å². The van der Waals surface area contributed by atoms with Crippen LogP contribution in [0.1, 0.15) is 35.4 Å². The first-order valence-electron chi connectivity index (χ1n) is 5.46. The minimum Gasteiger partial charge on any atom is -0.326 e. The van der Waals surface area contributed by atoms with Gasteiger partial charge in [0, 0.05) is 17.9 Å². The van der Waals surface area contributed by atoms with E-state index in [1.165, 1.54) is 11.1 Å². The van der Waals surface area contributed by atoms with Crippen molar-refractivity contribution >= 4 is 0 Å². The summed E-state index contributed by atoms with van der Waals surface area (Å²) in [5.41, 5.74) is 10.5. The average Bonchev–Trinajstić information content (AvgIpc) is 2.17. The summed E-state index contributed by atoms with van der Waals surface area (Å²) in [4.78, 5) is 4.43. The van der Waals surface area contributed by atoms with E-state index in [-0.39, 0.29) is 0 Å². The van der Waals surface area contributed by atoms with Crippen LogP contribution in [0, 0.1) is 13.8 Å². The highest BCUT2D eigenvalue weighted by molar-refractivity contribution is 5.32. The first kappa shape index (κ1) is 11.9. The molecule has 0 aromatic carbocycles. The number of nitrogens with two attached hydrogens (primary N) is 1. The fourth-order valence-electron chi connectivity index (χ4n) is 1.87. The molecule has 2 nitrogen and oxygen atoms in total. The van der Waals surface area contributed by atoms with Crippen LogP contribution >= 0.6 is 0 Å². The lowest BCUT2D eigenvalue weighted by Crippen LogP contribution is -2.07. The van der Waals surface area contributed by atoms with Crippen molar-refractivity contribution in [2.75, 3.05) is 0 Å². The Morgan fingerprint density at radius 1 is 1.47 bits per heavy atom. The van der Waals surface area contributed by atoms with Crippen LogP contribution in [0.4, 0.5) is 0 Å². The van der Waals surface area contributed by atoms with Crippen LogP contribution in [-0.4, -0.2) is 4.98 Å². The lowest BCUT2D eigenvalue weighted by Gasteiger charge is -2.11. The molecule has 2 heteroatoms. The van der Waals surface area contributed by atoms with Crippen molar-refractivity contribution in [3.05, 3.63) is 41.2 Å². The molecule has 15 heavy (non-hydrogen) atoms. The van der Waals surface area contributed by atoms with Crippen molar-refractivity contribution in [3.63, 3.8) is 0 Å². The average molecular weight is 204 g/mol. The summed E-state index contributed by atoms with van der Waals surface area (Å²) in [5, 5.41) is 0. The molecule has 0 radical (unpaired) electrons. The van der Waals surface area contributed by atoms with Gasteiger partial charge >= 0.3 is 0 Å². The Hall–Kier alpha value is -1.15. The lowest BCUT2D eigenvalue weighted by atomic mass is 10.0. The van der Waals surface area contributed by atoms with Crippen molar-refractivity contribution in [2.45, 2.75) is 39.7 Å². The van der Waals surface area contributed by atoms with Gasteiger partial charge in [-0.05, 0) is 50.3 Å². The summed E-state index contributed by atoms with van der Waals surface area (Å²) in [5.74, 6) is 0. The van der Waals surface area contributed by atoms with Crippen LogP contribution in [0.2, 0.25) is 0 Å². The van der Waals surface area contributed by atoms with E-state index >= 15 is 0 Å². The van der Waals surface area contributed by atoms with E-state index < -0.39 is 0 Å². The molecular weight excluding hydrogens is 184 g/mol. The molecule has 0 saturated heterocycles. The molecule has 82 valence electrons. The second-order valence-corrected chi connectivity index (χ2v) is 3.87. The zero-order chi connectivity index (χ0) is 11.3. The smallest absolute Gasteiger partial charge is 0.0423 e. The monoisotopic (exact) mass is 204 g/mol. The molecular formula is C13H20N2. The van der Waals surface area contributed by atoms with Crippen LogP contribution in [-0.2, 0) is 13.0 Å². The van der Waals surface area contributed by atoms with Gasteiger partial charge < -0.3 is 5.73 Å². The molecule has 0 fully saturated rings. The van der Waals surface area contributed by atoms with Gasteiger partial charge in [0.15, 0.2) is 0 Å². The maximum atomic E-state index is 5.75. The highest BCUT2D eigenvalue weighted by Gasteiger charge is 2.06. The molecule has 1 aromatic heterocycles. The molecule has 0 aliphatic heterocycles. The van der Waals surface area contributed by atoms with Gasteiger partial charge in [-0.3, -0.25) is 4.98 Å². The standard InChI is InChI=1S/C13H20N2/c1-4-5-6-7-12-8-10(2)15-11(3)13(12)9-14/h4,8H,1,5-7,9,14H2,2-3H3. The third kappa shape index (κ3) is 3.17. The maximum Gasteiger partial charge on any atom is 0.0423 e. The molecule has 1 rings (SSSR count). The maximum absolute atomic E-state index is 5.75. The quantitative estimate of drug-likeness (QED) is 0.591. The van der Waals surface area contributed by atoms with E-state index in [1.807, 2.05) is 19.9 Å². The molecule has 1 aromatic rings. The topological polar surface area (TPSA) is 38.9 Å². The van der Waals surface area contributed by atoms with Gasteiger partial charge in [0.2, 0.25) is 0 Å². The largest absolute Gasteiger partial charge is 0.326 e. The van der Waals surface area contributed by atoms with Gasteiger partial charge in [0.25, 0.3) is 0 Å². The highest BCUT2D eigenvalue weighted by Crippen LogP contribution is 2.16. The van der Waals surface area contributed by atoms with E-state index in [0.29, 0.717) is 6.54 Å². The van der Waals surface area contributed by atoms with Crippen LogP contribution in [0.15, 0.2) is 18.7 Å². The van der Waals surface area contributed by atoms with E-state index in [9.17, 15) is 0 Å². The van der Waals surface area contributed by atoms with Gasteiger partial charge in [-0.15, -0.1) is 6.58 Å². The molecule has 0 atom stereocenters. The second-order valence-electron chi connectivity index (χ2n) is 3.87. The van der Waals surface area contributed by atoms with Gasteiger partial charge in [-0.25, -0.2) is 0 Å². The van der Waals surface area contributed by atoms with Gasteiger partial charge in [-0.2, -0.15) is 0 Å². The number of aromatic nitrogens is 1. The van der Waals surface area contributed by atoms with Crippen molar-refractivity contribution in [3.8, 4) is 0 Å². The predicted molar refractivity (Wildman–Crippen MR) is 64.7 cm³/mol. The minimum atomic E-state index is 0.586. The number of hydrogen-bond donors (Lipinski definition) is 1. The fourth-order valence-corrected chi connectivity index (χ4v) is 1.87. The number of hydrogen-bond acceptors (Lipinski definition) is 2. The first-order chi connectivity index (χ1) is 7.19. The number of aryl methyl sites for hydroxylation is 3. The molecule has 0 bridgehead atoms. The summed E-state index contributed by atoms with van der Waals surface area (Å²) >= 11 is 0. The van der Waals surface area contributed by atoms with Crippen molar-refractivity contribution < 1.29 is 0 Å². The molecule has 1 heterocycles. The summed E-state index contributed by atoms with van der Waals surface area (Å²) in [6.07, 6.45) is 5.23. The Labute approximate surface area is 92.2 Å². The molecule has 2 N–H and O–H groups in total. The van der Waals surface area contributed by atoms with Crippen molar-refractivity contribution in [1.82, 2.24) is 4.98 Å². The second kappa shape index (κ2) is 5.66. The molecule has 0 spiro atoms. The zero-order valence-corrected chi connectivity index (χ0v) is 9.71. The summed E-state index contributed by atoms with van der Waals surface area (Å²) < 4.78 is 0. The highest BCUT2D eigenvalue weighted by atomic mass is 14.7. The summed E-state index contributed by atoms with van der Waals surface area (Å²) in [7, 11) is 0. The van der Waals surface area contributed by atoms with E-state index in [2.05, 4.69) is 17.6 Å². The Bertz CT molecular complexity index is 343. The van der Waals surface area contributed by atoms with Gasteiger partial charge in [0.1, 0.15) is 0 Å². The molecule has 0 amide bonds. The summed E-state index contributed by atoms with van der Waals surface area (Å²) in [6.45, 7) is 8.38. The molecule has 0 saturated carbocycles. The molecule has 0 aliphatic carbocycles. The van der Waals surface area contributed by atoms with E-state index in [0.717, 1.165) is 30.7 Å². The third-order valence-corrected chi connectivity index (χ3v) is 2.61. The van der Waals surface area contributed by atoms with Gasteiger partial charge in [-0.1, -0.05) is 6.08 Å². The third-order valence-electron chi connectivity index (χ3n) is 2.61. The Morgan fingerprint density at radius 3 is 2.80 bits per heavy atom. The molecule has 0 unspecified atom stereocenters. The number of rotatable bonds is 5. The van der Waals surface area contributed by atoms with E-state index in [4.69, 9.17) is 5.73 Å². The minimum absolute atomic E-state index is 0.586. The zero-order valence-electron chi connectivity index (χ0n) is 9.71. The Kier molecular flexibility index (Phi) is 4.50. The van der Waals surface area contributed by atoms with Crippen LogP contribution < -0.4 is 5.73 Å². The normalized spacial score (nSPS) is 10.3. The number of allylic oxidation sites excluding steroid dienone is 1. The van der Waals surface area contributed by atoms with Crippen LogP contribution in [0.5, 0.6) is 0 Å². The Morgan fingerprint density at radius 2 is 2.20 bits per heavy atom. The Balaban J connectivity index is 2.88.